The monoisotopic (exact) mass is 255 g/mol. The van der Waals surface area contributed by atoms with Gasteiger partial charge in [-0.3, -0.25) is 9.59 Å². The Morgan fingerprint density at radius 2 is 2.11 bits per heavy atom. The lowest BCUT2D eigenvalue weighted by Gasteiger charge is -2.36. The molecule has 1 aliphatic carbocycles. The van der Waals surface area contributed by atoms with Gasteiger partial charge in [-0.25, -0.2) is 4.79 Å². The summed E-state index contributed by atoms with van der Waals surface area (Å²) in [5, 5.41) is 2.61. The summed E-state index contributed by atoms with van der Waals surface area (Å²) in [4.78, 5) is 35.3. The first kappa shape index (κ1) is 14.7. The fourth-order valence-corrected chi connectivity index (χ4v) is 2.52. The molecule has 2 atom stereocenters. The number of Topliss-reactive ketones (excluding diaryl/α,β-unsaturated/α-hetero) is 1. The predicted octanol–water partition coefficient (Wildman–Crippen LogP) is 1.20. The molecule has 0 aromatic rings. The van der Waals surface area contributed by atoms with Crippen LogP contribution in [0.4, 0.5) is 0 Å². The van der Waals surface area contributed by atoms with E-state index >= 15 is 0 Å². The molecule has 0 spiro atoms. The fraction of sp³-hybridized carbons (Fsp3) is 0.769. The molecular weight excluding hydrogens is 234 g/mol. The molecule has 0 radical (unpaired) electrons. The molecule has 1 aliphatic rings. The van der Waals surface area contributed by atoms with E-state index in [1.807, 2.05) is 0 Å². The smallest absolute Gasteiger partial charge is 0.332 e. The Balaban J connectivity index is 2.98. The number of amides is 1. The van der Waals surface area contributed by atoms with E-state index in [1.165, 1.54) is 6.92 Å². The molecular formula is C13H21NO4. The van der Waals surface area contributed by atoms with Gasteiger partial charge in [-0.1, -0.05) is 6.42 Å². The summed E-state index contributed by atoms with van der Waals surface area (Å²) in [6, 6.07) is 0. The van der Waals surface area contributed by atoms with E-state index < -0.39 is 17.4 Å². The molecule has 18 heavy (non-hydrogen) atoms. The second-order valence-electron chi connectivity index (χ2n) is 4.87. The van der Waals surface area contributed by atoms with Gasteiger partial charge >= 0.3 is 5.97 Å². The van der Waals surface area contributed by atoms with E-state index in [4.69, 9.17) is 4.74 Å². The minimum atomic E-state index is -1.24. The van der Waals surface area contributed by atoms with Crippen molar-refractivity contribution in [2.45, 2.75) is 52.0 Å². The Bertz CT molecular complexity index is 353. The molecule has 1 saturated carbocycles. The predicted molar refractivity (Wildman–Crippen MR) is 65.8 cm³/mol. The number of carbonyl (C=O) groups excluding carboxylic acids is 3. The maximum absolute atomic E-state index is 12.1. The Labute approximate surface area is 107 Å². The normalized spacial score (nSPS) is 23.1. The standard InChI is InChI=1S/C13H21NO4/c1-4-18-12(17)13(3,14-9(2)15)10-7-5-6-8-11(10)16/h10H,4-8H2,1-3H3,(H,14,15). The summed E-state index contributed by atoms with van der Waals surface area (Å²) in [6.45, 7) is 4.86. The van der Waals surface area contributed by atoms with Crippen molar-refractivity contribution >= 4 is 17.7 Å². The molecule has 1 amide bonds. The second kappa shape index (κ2) is 5.98. The third-order valence-electron chi connectivity index (χ3n) is 3.39. The van der Waals surface area contributed by atoms with Gasteiger partial charge in [0.2, 0.25) is 5.91 Å². The molecule has 5 heteroatoms. The second-order valence-corrected chi connectivity index (χ2v) is 4.87. The molecule has 0 aliphatic heterocycles. The third kappa shape index (κ3) is 3.09. The first-order valence-corrected chi connectivity index (χ1v) is 6.40. The van der Waals surface area contributed by atoms with E-state index in [0.29, 0.717) is 12.8 Å². The summed E-state index contributed by atoms with van der Waals surface area (Å²) >= 11 is 0. The number of esters is 1. The molecule has 0 heterocycles. The largest absolute Gasteiger partial charge is 0.464 e. The van der Waals surface area contributed by atoms with Crippen LogP contribution >= 0.6 is 0 Å². The molecule has 0 bridgehead atoms. The average molecular weight is 255 g/mol. The summed E-state index contributed by atoms with van der Waals surface area (Å²) in [6.07, 6.45) is 2.84. The van der Waals surface area contributed by atoms with Gasteiger partial charge in [0.1, 0.15) is 11.3 Å². The van der Waals surface area contributed by atoms with E-state index in [1.54, 1.807) is 13.8 Å². The number of hydrogen-bond donors (Lipinski definition) is 1. The summed E-state index contributed by atoms with van der Waals surface area (Å²) in [5.41, 5.74) is -1.24. The van der Waals surface area contributed by atoms with Crippen LogP contribution in [-0.4, -0.2) is 29.8 Å². The number of hydrogen-bond acceptors (Lipinski definition) is 4. The molecule has 0 saturated heterocycles. The quantitative estimate of drug-likeness (QED) is 0.766. The van der Waals surface area contributed by atoms with Crippen molar-refractivity contribution in [3.05, 3.63) is 0 Å². The molecule has 0 aromatic heterocycles. The van der Waals surface area contributed by atoms with Crippen LogP contribution in [0.25, 0.3) is 0 Å². The SMILES string of the molecule is CCOC(=O)C(C)(NC(C)=O)C1CCCCC1=O. The van der Waals surface area contributed by atoms with Crippen molar-refractivity contribution in [3.63, 3.8) is 0 Å². The Kier molecular flexibility index (Phi) is 4.87. The van der Waals surface area contributed by atoms with Gasteiger partial charge in [0.25, 0.3) is 0 Å². The van der Waals surface area contributed by atoms with E-state index in [9.17, 15) is 14.4 Å². The number of ketones is 1. The van der Waals surface area contributed by atoms with Crippen molar-refractivity contribution in [2.24, 2.45) is 5.92 Å². The molecule has 1 fully saturated rings. The van der Waals surface area contributed by atoms with Crippen LogP contribution in [-0.2, 0) is 19.1 Å². The van der Waals surface area contributed by atoms with E-state index in [-0.39, 0.29) is 18.3 Å². The van der Waals surface area contributed by atoms with Gasteiger partial charge in [0, 0.05) is 13.3 Å². The zero-order valence-electron chi connectivity index (χ0n) is 11.2. The number of rotatable bonds is 4. The lowest BCUT2D eigenvalue weighted by atomic mass is 9.74. The first-order valence-electron chi connectivity index (χ1n) is 6.40. The minimum absolute atomic E-state index is 0.0329. The summed E-state index contributed by atoms with van der Waals surface area (Å²) < 4.78 is 5.00. The van der Waals surface area contributed by atoms with Crippen LogP contribution in [0.1, 0.15) is 46.5 Å². The average Bonchev–Trinajstić information content (AvgIpc) is 2.28. The maximum atomic E-state index is 12.1. The Morgan fingerprint density at radius 1 is 1.44 bits per heavy atom. The number of ether oxygens (including phenoxy) is 1. The van der Waals surface area contributed by atoms with Gasteiger partial charge in [-0.2, -0.15) is 0 Å². The van der Waals surface area contributed by atoms with E-state index in [2.05, 4.69) is 5.32 Å². The minimum Gasteiger partial charge on any atom is -0.464 e. The highest BCUT2D eigenvalue weighted by molar-refractivity contribution is 5.94. The highest BCUT2D eigenvalue weighted by Crippen LogP contribution is 2.31. The first-order chi connectivity index (χ1) is 8.41. The third-order valence-corrected chi connectivity index (χ3v) is 3.39. The Morgan fingerprint density at radius 3 is 2.61 bits per heavy atom. The Hall–Kier alpha value is -1.39. The summed E-state index contributed by atoms with van der Waals surface area (Å²) in [7, 11) is 0. The molecule has 0 aromatic carbocycles. The molecule has 1 N–H and O–H groups in total. The van der Waals surface area contributed by atoms with Crippen molar-refractivity contribution in [1.29, 1.82) is 0 Å². The zero-order chi connectivity index (χ0) is 13.8. The highest BCUT2D eigenvalue weighted by atomic mass is 16.5. The number of carbonyl (C=O) groups is 3. The summed E-state index contributed by atoms with van der Waals surface area (Å²) in [5.74, 6) is -1.30. The van der Waals surface area contributed by atoms with Crippen molar-refractivity contribution in [1.82, 2.24) is 5.32 Å². The van der Waals surface area contributed by atoms with Crippen LogP contribution in [0.15, 0.2) is 0 Å². The van der Waals surface area contributed by atoms with Gasteiger partial charge in [-0.05, 0) is 26.7 Å². The lowest BCUT2D eigenvalue weighted by molar-refractivity contribution is -0.158. The van der Waals surface area contributed by atoms with Gasteiger partial charge in [0.15, 0.2) is 0 Å². The van der Waals surface area contributed by atoms with Crippen molar-refractivity contribution in [2.75, 3.05) is 6.61 Å². The van der Waals surface area contributed by atoms with Gasteiger partial charge in [0.05, 0.1) is 12.5 Å². The molecule has 5 nitrogen and oxygen atoms in total. The van der Waals surface area contributed by atoms with Crippen LogP contribution in [0.3, 0.4) is 0 Å². The van der Waals surface area contributed by atoms with Crippen LogP contribution in [0.5, 0.6) is 0 Å². The molecule has 2 unspecified atom stereocenters. The topological polar surface area (TPSA) is 72.5 Å². The fourth-order valence-electron chi connectivity index (χ4n) is 2.52. The van der Waals surface area contributed by atoms with Crippen molar-refractivity contribution < 1.29 is 19.1 Å². The lowest BCUT2D eigenvalue weighted by Crippen LogP contribution is -2.60. The van der Waals surface area contributed by atoms with Crippen LogP contribution in [0.2, 0.25) is 0 Å². The zero-order valence-corrected chi connectivity index (χ0v) is 11.2. The van der Waals surface area contributed by atoms with Gasteiger partial charge in [-0.15, -0.1) is 0 Å². The van der Waals surface area contributed by atoms with Gasteiger partial charge < -0.3 is 10.1 Å². The van der Waals surface area contributed by atoms with Crippen LogP contribution in [0, 0.1) is 5.92 Å². The van der Waals surface area contributed by atoms with Crippen molar-refractivity contribution in [3.8, 4) is 0 Å². The maximum Gasteiger partial charge on any atom is 0.332 e. The molecule has 1 rings (SSSR count). The number of nitrogens with one attached hydrogen (secondary N) is 1. The highest BCUT2D eigenvalue weighted by Gasteiger charge is 2.47. The van der Waals surface area contributed by atoms with E-state index in [0.717, 1.165) is 12.8 Å². The molecule has 102 valence electrons. The van der Waals surface area contributed by atoms with Crippen LogP contribution < -0.4 is 5.32 Å².